The lowest BCUT2D eigenvalue weighted by molar-refractivity contribution is -0.154. The van der Waals surface area contributed by atoms with Crippen LogP contribution in [0.15, 0.2) is 54.6 Å². The fourth-order valence-electron chi connectivity index (χ4n) is 3.98. The Labute approximate surface area is 150 Å². The molecule has 0 aliphatic carbocycles. The third-order valence-electron chi connectivity index (χ3n) is 5.44. The molecule has 2 aromatic rings. The lowest BCUT2D eigenvalue weighted by Crippen LogP contribution is -2.74. The summed E-state index contributed by atoms with van der Waals surface area (Å²) in [5, 5.41) is 0. The van der Waals surface area contributed by atoms with E-state index in [-0.39, 0.29) is 12.5 Å². The van der Waals surface area contributed by atoms with Crippen LogP contribution in [0.1, 0.15) is 12.5 Å². The van der Waals surface area contributed by atoms with E-state index < -0.39 is 29.4 Å². The van der Waals surface area contributed by atoms with E-state index in [1.807, 2.05) is 30.3 Å². The van der Waals surface area contributed by atoms with Crippen LogP contribution in [-0.4, -0.2) is 35.0 Å². The Morgan fingerprint density at radius 1 is 1.08 bits per heavy atom. The van der Waals surface area contributed by atoms with Crippen LogP contribution >= 0.6 is 0 Å². The Balaban J connectivity index is 1.66. The molecule has 4 nitrogen and oxygen atoms in total. The number of rotatable bonds is 3. The van der Waals surface area contributed by atoms with Gasteiger partial charge in [-0.15, -0.1) is 0 Å². The van der Waals surface area contributed by atoms with Crippen molar-refractivity contribution in [2.75, 3.05) is 11.4 Å². The Bertz CT molecular complexity index is 856. The van der Waals surface area contributed by atoms with Gasteiger partial charge in [0.2, 0.25) is 0 Å². The minimum absolute atomic E-state index is 0.255. The predicted octanol–water partition coefficient (Wildman–Crippen LogP) is 2.93. The summed E-state index contributed by atoms with van der Waals surface area (Å²) in [6.45, 7) is 2.26. The average Bonchev–Trinajstić information content (AvgIpc) is 2.86. The largest absolute Gasteiger partial charge is 0.333 e. The van der Waals surface area contributed by atoms with Gasteiger partial charge in [-0.2, -0.15) is 0 Å². The smallest absolute Gasteiger partial charge is 0.262 e. The van der Waals surface area contributed by atoms with Crippen LogP contribution in [0.5, 0.6) is 0 Å². The van der Waals surface area contributed by atoms with Gasteiger partial charge >= 0.3 is 0 Å². The number of halogens is 2. The molecule has 1 spiro atoms. The van der Waals surface area contributed by atoms with Crippen molar-refractivity contribution in [3.05, 3.63) is 66.0 Å². The van der Waals surface area contributed by atoms with E-state index in [0.717, 1.165) is 5.56 Å². The highest BCUT2D eigenvalue weighted by molar-refractivity contribution is 6.12. The second-order valence-electron chi connectivity index (χ2n) is 6.91. The maximum Gasteiger partial charge on any atom is 0.262 e. The molecule has 2 amide bonds. The number of alkyl halides is 1. The molecule has 0 N–H and O–H groups in total. The molecular formula is C20H18F2N2O2. The Kier molecular flexibility index (Phi) is 3.79. The number of likely N-dealkylation sites (tertiary alicyclic amines) is 1. The van der Waals surface area contributed by atoms with Crippen LogP contribution in [0.4, 0.5) is 14.5 Å². The molecule has 0 radical (unpaired) electrons. The van der Waals surface area contributed by atoms with Crippen LogP contribution in [0, 0.1) is 11.7 Å². The quantitative estimate of drug-likeness (QED) is 0.794. The Morgan fingerprint density at radius 2 is 1.73 bits per heavy atom. The zero-order valence-corrected chi connectivity index (χ0v) is 14.2. The topological polar surface area (TPSA) is 40.6 Å². The first-order chi connectivity index (χ1) is 12.4. The van der Waals surface area contributed by atoms with Crippen LogP contribution in [0.2, 0.25) is 0 Å². The minimum atomic E-state index is -1.75. The number of hydrogen-bond acceptors (Lipinski definition) is 2. The summed E-state index contributed by atoms with van der Waals surface area (Å²) in [6.07, 6.45) is -1.75. The molecule has 0 aromatic heterocycles. The number of carbonyl (C=O) groups is 2. The van der Waals surface area contributed by atoms with Crippen molar-refractivity contribution in [1.29, 1.82) is 0 Å². The number of anilines is 1. The fraction of sp³-hybridized carbons (Fsp3) is 0.300. The van der Waals surface area contributed by atoms with Gasteiger partial charge in [-0.05, 0) is 29.8 Å². The standard InChI is InChI=1S/C20H18F2N2O2/c1-13-17(22)18(25)24(16-9-7-15(21)8-10-16)20(13)12-23(19(20)26)11-14-5-3-2-4-6-14/h2-10,13,17H,11-12H2,1H3. The third-order valence-corrected chi connectivity index (χ3v) is 5.44. The molecule has 2 aliphatic heterocycles. The lowest BCUT2D eigenvalue weighted by atomic mass is 9.77. The van der Waals surface area contributed by atoms with E-state index in [9.17, 15) is 18.4 Å². The summed E-state index contributed by atoms with van der Waals surface area (Å²) in [5.41, 5.74) is 0.0808. The summed E-state index contributed by atoms with van der Waals surface area (Å²) in [6, 6.07) is 14.7. The first-order valence-electron chi connectivity index (χ1n) is 8.52. The van der Waals surface area contributed by atoms with E-state index in [1.165, 1.54) is 29.2 Å². The first kappa shape index (κ1) is 16.7. The van der Waals surface area contributed by atoms with Gasteiger partial charge in [0.05, 0.1) is 6.54 Å². The van der Waals surface area contributed by atoms with Crippen LogP contribution < -0.4 is 4.90 Å². The second kappa shape index (κ2) is 5.90. The van der Waals surface area contributed by atoms with Gasteiger partial charge in [-0.1, -0.05) is 37.3 Å². The Hall–Kier alpha value is -2.76. The van der Waals surface area contributed by atoms with E-state index in [2.05, 4.69) is 0 Å². The zero-order valence-electron chi connectivity index (χ0n) is 14.2. The van der Waals surface area contributed by atoms with Crippen molar-refractivity contribution in [2.24, 2.45) is 5.92 Å². The molecule has 2 aromatic carbocycles. The number of nitrogens with zero attached hydrogens (tertiary/aromatic N) is 2. The van der Waals surface area contributed by atoms with E-state index >= 15 is 0 Å². The monoisotopic (exact) mass is 356 g/mol. The van der Waals surface area contributed by atoms with Crippen molar-refractivity contribution in [1.82, 2.24) is 4.90 Å². The number of amides is 2. The molecule has 0 bridgehead atoms. The van der Waals surface area contributed by atoms with Gasteiger partial charge in [-0.25, -0.2) is 8.78 Å². The molecule has 4 rings (SSSR count). The third kappa shape index (κ3) is 2.25. The van der Waals surface area contributed by atoms with Gasteiger partial charge in [0.25, 0.3) is 11.8 Å². The maximum absolute atomic E-state index is 14.5. The highest BCUT2D eigenvalue weighted by Crippen LogP contribution is 2.47. The zero-order chi connectivity index (χ0) is 18.5. The van der Waals surface area contributed by atoms with Gasteiger partial charge < -0.3 is 4.90 Å². The molecule has 3 unspecified atom stereocenters. The maximum atomic E-state index is 14.5. The van der Waals surface area contributed by atoms with Crippen LogP contribution in [0.25, 0.3) is 0 Å². The molecule has 3 atom stereocenters. The summed E-state index contributed by atoms with van der Waals surface area (Å²) >= 11 is 0. The number of hydrogen-bond donors (Lipinski definition) is 0. The molecule has 2 heterocycles. The second-order valence-corrected chi connectivity index (χ2v) is 6.91. The normalized spacial score (nSPS) is 28.0. The lowest BCUT2D eigenvalue weighted by Gasteiger charge is -2.52. The van der Waals surface area contributed by atoms with Crippen molar-refractivity contribution in [3.63, 3.8) is 0 Å². The molecule has 2 aliphatic rings. The molecule has 0 saturated carbocycles. The molecule has 134 valence electrons. The average molecular weight is 356 g/mol. The summed E-state index contributed by atoms with van der Waals surface area (Å²) in [4.78, 5) is 28.4. The van der Waals surface area contributed by atoms with Gasteiger partial charge in [0.15, 0.2) is 6.17 Å². The molecular weight excluding hydrogens is 338 g/mol. The van der Waals surface area contributed by atoms with E-state index in [4.69, 9.17) is 0 Å². The Morgan fingerprint density at radius 3 is 2.35 bits per heavy atom. The highest BCUT2D eigenvalue weighted by atomic mass is 19.1. The van der Waals surface area contributed by atoms with E-state index in [1.54, 1.807) is 11.8 Å². The number of β-lactam (4-membered cyclic amide) rings is 1. The van der Waals surface area contributed by atoms with Gasteiger partial charge in [-0.3, -0.25) is 14.5 Å². The number of benzene rings is 2. The SMILES string of the molecule is CC1C(F)C(=O)N(c2ccc(F)cc2)C12CN(Cc1ccccc1)C2=O. The van der Waals surface area contributed by atoms with Crippen LogP contribution in [-0.2, 0) is 16.1 Å². The number of carbonyl (C=O) groups excluding carboxylic acids is 2. The van der Waals surface area contributed by atoms with Gasteiger partial charge in [0.1, 0.15) is 11.4 Å². The summed E-state index contributed by atoms with van der Waals surface area (Å²) in [5.74, 6) is -2.23. The van der Waals surface area contributed by atoms with Crippen molar-refractivity contribution >= 4 is 17.5 Å². The fourth-order valence-corrected chi connectivity index (χ4v) is 3.98. The molecule has 26 heavy (non-hydrogen) atoms. The molecule has 2 saturated heterocycles. The first-order valence-corrected chi connectivity index (χ1v) is 8.52. The molecule has 6 heteroatoms. The summed E-state index contributed by atoms with van der Waals surface area (Å²) < 4.78 is 27.8. The van der Waals surface area contributed by atoms with Crippen molar-refractivity contribution in [3.8, 4) is 0 Å². The molecule has 2 fully saturated rings. The van der Waals surface area contributed by atoms with Crippen molar-refractivity contribution < 1.29 is 18.4 Å². The van der Waals surface area contributed by atoms with Crippen LogP contribution in [0.3, 0.4) is 0 Å². The predicted molar refractivity (Wildman–Crippen MR) is 92.5 cm³/mol. The van der Waals surface area contributed by atoms with E-state index in [0.29, 0.717) is 12.2 Å². The minimum Gasteiger partial charge on any atom is -0.333 e. The highest BCUT2D eigenvalue weighted by Gasteiger charge is 2.68. The van der Waals surface area contributed by atoms with Crippen molar-refractivity contribution in [2.45, 2.75) is 25.2 Å². The van der Waals surface area contributed by atoms with Gasteiger partial charge in [0, 0.05) is 18.2 Å². The summed E-state index contributed by atoms with van der Waals surface area (Å²) in [7, 11) is 0.